The lowest BCUT2D eigenvalue weighted by Gasteiger charge is -2.18. The molecule has 0 N–H and O–H groups in total. The van der Waals surface area contributed by atoms with E-state index in [9.17, 15) is 4.79 Å². The van der Waals surface area contributed by atoms with Gasteiger partial charge in [0, 0.05) is 12.7 Å². The lowest BCUT2D eigenvalue weighted by atomic mass is 10.4. The van der Waals surface area contributed by atoms with E-state index >= 15 is 0 Å². The first-order chi connectivity index (χ1) is 6.29. The second-order valence-corrected chi connectivity index (χ2v) is 3.02. The SMILES string of the molecule is CCN(C(=O)CBr)c1ccccn1. The molecular formula is C9H11BrN2O. The number of hydrogen-bond acceptors (Lipinski definition) is 2. The van der Waals surface area contributed by atoms with E-state index in [-0.39, 0.29) is 5.91 Å². The van der Waals surface area contributed by atoms with E-state index < -0.39 is 0 Å². The van der Waals surface area contributed by atoms with Crippen molar-refractivity contribution in [2.45, 2.75) is 6.92 Å². The highest BCUT2D eigenvalue weighted by Gasteiger charge is 2.12. The molecular weight excluding hydrogens is 232 g/mol. The molecule has 0 aromatic carbocycles. The van der Waals surface area contributed by atoms with Crippen molar-refractivity contribution < 1.29 is 4.79 Å². The quantitative estimate of drug-likeness (QED) is 0.759. The van der Waals surface area contributed by atoms with Gasteiger partial charge in [0.15, 0.2) is 0 Å². The average Bonchev–Trinajstić information content (AvgIpc) is 2.20. The molecule has 0 bridgehead atoms. The molecule has 1 amide bonds. The predicted molar refractivity (Wildman–Crippen MR) is 56.1 cm³/mol. The Kier molecular flexibility index (Phi) is 3.89. The minimum Gasteiger partial charge on any atom is -0.296 e. The molecule has 0 aliphatic carbocycles. The predicted octanol–water partition coefficient (Wildman–Crippen LogP) is 1.83. The van der Waals surface area contributed by atoms with Crippen LogP contribution in [0.2, 0.25) is 0 Å². The molecule has 0 unspecified atom stereocenters. The largest absolute Gasteiger partial charge is 0.296 e. The molecule has 0 radical (unpaired) electrons. The first-order valence-corrected chi connectivity index (χ1v) is 5.19. The fourth-order valence-corrected chi connectivity index (χ4v) is 1.35. The van der Waals surface area contributed by atoms with Crippen LogP contribution in [0.1, 0.15) is 6.92 Å². The maximum absolute atomic E-state index is 11.4. The molecule has 70 valence electrons. The van der Waals surface area contributed by atoms with Crippen molar-refractivity contribution in [1.82, 2.24) is 4.98 Å². The zero-order valence-corrected chi connectivity index (χ0v) is 8.99. The van der Waals surface area contributed by atoms with Crippen LogP contribution in [-0.4, -0.2) is 22.8 Å². The van der Waals surface area contributed by atoms with Crippen molar-refractivity contribution in [2.75, 3.05) is 16.8 Å². The molecule has 3 nitrogen and oxygen atoms in total. The van der Waals surface area contributed by atoms with Gasteiger partial charge in [-0.15, -0.1) is 0 Å². The van der Waals surface area contributed by atoms with Gasteiger partial charge in [0.05, 0.1) is 5.33 Å². The normalized spacial score (nSPS) is 9.69. The highest BCUT2D eigenvalue weighted by Crippen LogP contribution is 2.09. The van der Waals surface area contributed by atoms with E-state index in [0.717, 1.165) is 0 Å². The number of aromatic nitrogens is 1. The molecule has 1 aromatic heterocycles. The van der Waals surface area contributed by atoms with E-state index in [4.69, 9.17) is 0 Å². The van der Waals surface area contributed by atoms with E-state index in [1.54, 1.807) is 11.1 Å². The molecule has 0 spiro atoms. The number of anilines is 1. The molecule has 0 aliphatic heterocycles. The molecule has 0 atom stereocenters. The van der Waals surface area contributed by atoms with Crippen molar-refractivity contribution in [2.24, 2.45) is 0 Å². The second kappa shape index (κ2) is 4.97. The molecule has 0 aliphatic rings. The second-order valence-electron chi connectivity index (χ2n) is 2.46. The molecule has 1 aromatic rings. The van der Waals surface area contributed by atoms with Crippen LogP contribution in [0.3, 0.4) is 0 Å². The van der Waals surface area contributed by atoms with Crippen LogP contribution in [-0.2, 0) is 4.79 Å². The Balaban J connectivity index is 2.85. The Morgan fingerprint density at radius 1 is 1.62 bits per heavy atom. The number of pyridine rings is 1. The summed E-state index contributed by atoms with van der Waals surface area (Å²) in [6.45, 7) is 2.57. The van der Waals surface area contributed by atoms with Crippen LogP contribution in [0.5, 0.6) is 0 Å². The van der Waals surface area contributed by atoms with Gasteiger partial charge < -0.3 is 0 Å². The summed E-state index contributed by atoms with van der Waals surface area (Å²) >= 11 is 3.13. The summed E-state index contributed by atoms with van der Waals surface area (Å²) < 4.78 is 0. The van der Waals surface area contributed by atoms with Crippen molar-refractivity contribution in [3.05, 3.63) is 24.4 Å². The third kappa shape index (κ3) is 2.52. The third-order valence-electron chi connectivity index (χ3n) is 1.66. The first kappa shape index (κ1) is 10.2. The molecule has 1 heterocycles. The summed E-state index contributed by atoms with van der Waals surface area (Å²) in [5, 5.41) is 0.331. The number of carbonyl (C=O) groups excluding carboxylic acids is 1. The highest BCUT2D eigenvalue weighted by molar-refractivity contribution is 9.09. The monoisotopic (exact) mass is 242 g/mol. The number of hydrogen-bond donors (Lipinski definition) is 0. The fourth-order valence-electron chi connectivity index (χ4n) is 1.05. The van der Waals surface area contributed by atoms with Gasteiger partial charge in [-0.25, -0.2) is 4.98 Å². The van der Waals surface area contributed by atoms with Crippen LogP contribution >= 0.6 is 15.9 Å². The average molecular weight is 243 g/mol. The summed E-state index contributed by atoms with van der Waals surface area (Å²) in [6.07, 6.45) is 1.68. The van der Waals surface area contributed by atoms with Crippen LogP contribution in [0.4, 0.5) is 5.82 Å². The molecule has 4 heteroatoms. The van der Waals surface area contributed by atoms with Gasteiger partial charge >= 0.3 is 0 Å². The topological polar surface area (TPSA) is 33.2 Å². The van der Waals surface area contributed by atoms with Gasteiger partial charge in [0.25, 0.3) is 0 Å². The zero-order chi connectivity index (χ0) is 9.68. The number of alkyl halides is 1. The molecule has 1 rings (SSSR count). The van der Waals surface area contributed by atoms with E-state index in [2.05, 4.69) is 20.9 Å². The summed E-state index contributed by atoms with van der Waals surface area (Å²) in [7, 11) is 0. The maximum Gasteiger partial charge on any atom is 0.238 e. The van der Waals surface area contributed by atoms with Crippen LogP contribution < -0.4 is 4.90 Å². The van der Waals surface area contributed by atoms with Crippen molar-refractivity contribution in [1.29, 1.82) is 0 Å². The van der Waals surface area contributed by atoms with Gasteiger partial charge in [-0.1, -0.05) is 22.0 Å². The van der Waals surface area contributed by atoms with Crippen LogP contribution in [0, 0.1) is 0 Å². The van der Waals surface area contributed by atoms with Gasteiger partial charge in [-0.2, -0.15) is 0 Å². The smallest absolute Gasteiger partial charge is 0.238 e. The third-order valence-corrected chi connectivity index (χ3v) is 2.14. The van der Waals surface area contributed by atoms with Gasteiger partial charge in [-0.05, 0) is 19.1 Å². The summed E-state index contributed by atoms with van der Waals surface area (Å²) in [5.74, 6) is 0.732. The number of rotatable bonds is 3. The van der Waals surface area contributed by atoms with Crippen LogP contribution in [0.15, 0.2) is 24.4 Å². The highest BCUT2D eigenvalue weighted by atomic mass is 79.9. The standard InChI is InChI=1S/C9H11BrN2O/c1-2-12(9(13)7-10)8-5-3-4-6-11-8/h3-6H,2,7H2,1H3. The van der Waals surface area contributed by atoms with E-state index in [0.29, 0.717) is 17.7 Å². The molecule has 13 heavy (non-hydrogen) atoms. The lowest BCUT2D eigenvalue weighted by molar-refractivity contribution is -0.116. The van der Waals surface area contributed by atoms with Crippen molar-refractivity contribution in [3.8, 4) is 0 Å². The summed E-state index contributed by atoms with van der Waals surface area (Å²) in [6, 6.07) is 5.52. The van der Waals surface area contributed by atoms with E-state index in [1.807, 2.05) is 25.1 Å². The Morgan fingerprint density at radius 3 is 2.85 bits per heavy atom. The Labute approximate surface area is 85.9 Å². The Bertz CT molecular complexity index is 276. The number of halogens is 1. The van der Waals surface area contributed by atoms with Crippen molar-refractivity contribution in [3.63, 3.8) is 0 Å². The summed E-state index contributed by atoms with van der Waals surface area (Å²) in [4.78, 5) is 17.1. The fraction of sp³-hybridized carbons (Fsp3) is 0.333. The van der Waals surface area contributed by atoms with Gasteiger partial charge in [0.2, 0.25) is 5.91 Å². The van der Waals surface area contributed by atoms with Crippen molar-refractivity contribution >= 4 is 27.7 Å². The first-order valence-electron chi connectivity index (χ1n) is 4.07. The number of nitrogens with zero attached hydrogens (tertiary/aromatic N) is 2. The molecule has 0 saturated heterocycles. The number of carbonyl (C=O) groups is 1. The molecule has 0 saturated carbocycles. The van der Waals surface area contributed by atoms with Gasteiger partial charge in [-0.3, -0.25) is 9.69 Å². The minimum absolute atomic E-state index is 0.0289. The summed E-state index contributed by atoms with van der Waals surface area (Å²) in [5.41, 5.74) is 0. The number of amides is 1. The molecule has 0 fully saturated rings. The maximum atomic E-state index is 11.4. The Hall–Kier alpha value is -0.900. The van der Waals surface area contributed by atoms with Gasteiger partial charge in [0.1, 0.15) is 5.82 Å². The lowest BCUT2D eigenvalue weighted by Crippen LogP contribution is -2.32. The zero-order valence-electron chi connectivity index (χ0n) is 7.40. The Morgan fingerprint density at radius 2 is 2.38 bits per heavy atom. The minimum atomic E-state index is 0.0289. The van der Waals surface area contributed by atoms with Crippen LogP contribution in [0.25, 0.3) is 0 Å². The van der Waals surface area contributed by atoms with E-state index in [1.165, 1.54) is 0 Å².